The number of halogens is 5. The highest BCUT2D eigenvalue weighted by atomic mass is 35.5. The number of carboxylic acid groups (broad SMARTS) is 1. The number of benzene rings is 1. The molecular formula is C10H7ClF4O3. The van der Waals surface area contributed by atoms with E-state index < -0.39 is 30.5 Å². The summed E-state index contributed by atoms with van der Waals surface area (Å²) < 4.78 is 54.1. The molecule has 1 aromatic rings. The molecule has 3 nitrogen and oxygen atoms in total. The van der Waals surface area contributed by atoms with Gasteiger partial charge in [0.05, 0.1) is 5.02 Å². The van der Waals surface area contributed by atoms with Gasteiger partial charge in [-0.3, -0.25) is 4.79 Å². The highest BCUT2D eigenvalue weighted by Gasteiger charge is 2.45. The SMILES string of the molecule is O=C(O)C(COc1ccc(F)cc1Cl)C(F)(F)F. The second kappa shape index (κ2) is 5.43. The van der Waals surface area contributed by atoms with E-state index >= 15 is 0 Å². The van der Waals surface area contributed by atoms with Gasteiger partial charge in [0.15, 0.2) is 5.92 Å². The molecule has 0 aliphatic rings. The van der Waals surface area contributed by atoms with E-state index in [0.717, 1.165) is 18.2 Å². The fourth-order valence-corrected chi connectivity index (χ4v) is 1.29. The Balaban J connectivity index is 2.77. The molecular weight excluding hydrogens is 280 g/mol. The van der Waals surface area contributed by atoms with Crippen LogP contribution in [0.2, 0.25) is 5.02 Å². The smallest absolute Gasteiger partial charge is 0.405 e. The monoisotopic (exact) mass is 286 g/mol. The molecule has 1 unspecified atom stereocenters. The maximum absolute atomic E-state index is 12.6. The molecule has 0 spiro atoms. The molecule has 0 saturated carbocycles. The van der Waals surface area contributed by atoms with E-state index in [-0.39, 0.29) is 10.8 Å². The van der Waals surface area contributed by atoms with Crippen molar-refractivity contribution >= 4 is 17.6 Å². The van der Waals surface area contributed by atoms with Crippen molar-refractivity contribution in [2.24, 2.45) is 5.92 Å². The second-order valence-electron chi connectivity index (χ2n) is 3.32. The third-order valence-corrected chi connectivity index (χ3v) is 2.29. The molecule has 18 heavy (non-hydrogen) atoms. The molecule has 0 aliphatic heterocycles. The van der Waals surface area contributed by atoms with Gasteiger partial charge in [-0.05, 0) is 18.2 Å². The zero-order valence-electron chi connectivity index (χ0n) is 8.67. The van der Waals surface area contributed by atoms with Crippen LogP contribution < -0.4 is 4.74 Å². The Bertz CT molecular complexity index is 447. The molecule has 0 amide bonds. The number of ether oxygens (including phenoxy) is 1. The summed E-state index contributed by atoms with van der Waals surface area (Å²) in [5, 5.41) is 8.17. The van der Waals surface area contributed by atoms with Crippen LogP contribution in [0.3, 0.4) is 0 Å². The summed E-state index contributed by atoms with van der Waals surface area (Å²) in [7, 11) is 0. The summed E-state index contributed by atoms with van der Waals surface area (Å²) in [4.78, 5) is 10.4. The van der Waals surface area contributed by atoms with Gasteiger partial charge in [-0.15, -0.1) is 0 Å². The first-order valence-corrected chi connectivity index (χ1v) is 4.97. The van der Waals surface area contributed by atoms with Crippen molar-refractivity contribution in [2.45, 2.75) is 6.18 Å². The fourth-order valence-electron chi connectivity index (χ4n) is 1.07. The quantitative estimate of drug-likeness (QED) is 0.865. The van der Waals surface area contributed by atoms with E-state index in [1.807, 2.05) is 0 Å². The van der Waals surface area contributed by atoms with Gasteiger partial charge in [-0.2, -0.15) is 13.2 Å². The van der Waals surface area contributed by atoms with Crippen molar-refractivity contribution < 1.29 is 32.2 Å². The Kier molecular flexibility index (Phi) is 4.39. The van der Waals surface area contributed by atoms with Gasteiger partial charge in [0.2, 0.25) is 0 Å². The number of hydrogen-bond acceptors (Lipinski definition) is 2. The molecule has 0 saturated heterocycles. The number of aliphatic carboxylic acids is 1. The van der Waals surface area contributed by atoms with Gasteiger partial charge in [0, 0.05) is 0 Å². The predicted octanol–water partition coefficient (Wildman–Crippen LogP) is 3.12. The van der Waals surface area contributed by atoms with Gasteiger partial charge in [0.25, 0.3) is 0 Å². The Morgan fingerprint density at radius 1 is 1.44 bits per heavy atom. The summed E-state index contributed by atoms with van der Waals surface area (Å²) in [5.41, 5.74) is 0. The lowest BCUT2D eigenvalue weighted by atomic mass is 10.1. The van der Waals surface area contributed by atoms with Crippen molar-refractivity contribution in [3.05, 3.63) is 29.0 Å². The topological polar surface area (TPSA) is 46.5 Å². The van der Waals surface area contributed by atoms with Gasteiger partial charge in [-0.25, -0.2) is 4.39 Å². The van der Waals surface area contributed by atoms with Crippen LogP contribution in [0.25, 0.3) is 0 Å². The van der Waals surface area contributed by atoms with Gasteiger partial charge in [0.1, 0.15) is 18.2 Å². The summed E-state index contributed by atoms with van der Waals surface area (Å²) in [6, 6.07) is 2.80. The molecule has 0 aliphatic carbocycles. The minimum Gasteiger partial charge on any atom is -0.491 e. The Hall–Kier alpha value is -1.50. The molecule has 0 bridgehead atoms. The molecule has 1 atom stereocenters. The molecule has 0 fully saturated rings. The maximum Gasteiger partial charge on any atom is 0.405 e. The number of rotatable bonds is 4. The zero-order chi connectivity index (χ0) is 13.9. The standard InChI is InChI=1S/C10H7ClF4O3/c11-7-3-5(12)1-2-8(7)18-4-6(9(16)17)10(13,14)15/h1-3,6H,4H2,(H,16,17). The predicted molar refractivity (Wildman–Crippen MR) is 54.1 cm³/mol. The molecule has 1 N–H and O–H groups in total. The number of hydrogen-bond donors (Lipinski definition) is 1. The van der Waals surface area contributed by atoms with Crippen LogP contribution in [0, 0.1) is 11.7 Å². The third kappa shape index (κ3) is 3.76. The summed E-state index contributed by atoms with van der Waals surface area (Å²) in [6.45, 7) is -1.13. The van der Waals surface area contributed by atoms with Crippen LogP contribution in [-0.4, -0.2) is 23.9 Å². The average Bonchev–Trinajstić information content (AvgIpc) is 2.18. The maximum atomic E-state index is 12.6. The first-order valence-electron chi connectivity index (χ1n) is 4.59. The van der Waals surface area contributed by atoms with E-state index in [1.165, 1.54) is 0 Å². The Morgan fingerprint density at radius 2 is 2.06 bits per heavy atom. The van der Waals surface area contributed by atoms with E-state index in [9.17, 15) is 22.4 Å². The number of carbonyl (C=O) groups is 1. The van der Waals surface area contributed by atoms with Crippen molar-refractivity contribution in [2.75, 3.05) is 6.61 Å². The lowest BCUT2D eigenvalue weighted by Crippen LogP contribution is -2.35. The van der Waals surface area contributed by atoms with Gasteiger partial charge < -0.3 is 9.84 Å². The Labute approximate surface area is 104 Å². The van der Waals surface area contributed by atoms with Crippen LogP contribution in [0.5, 0.6) is 5.75 Å². The van der Waals surface area contributed by atoms with Crippen LogP contribution in [0.4, 0.5) is 17.6 Å². The normalized spacial score (nSPS) is 13.2. The highest BCUT2D eigenvalue weighted by Crippen LogP contribution is 2.29. The molecule has 1 rings (SSSR count). The first kappa shape index (κ1) is 14.6. The fraction of sp³-hybridized carbons (Fsp3) is 0.300. The van der Waals surface area contributed by atoms with Crippen LogP contribution in [0.15, 0.2) is 18.2 Å². The zero-order valence-corrected chi connectivity index (χ0v) is 9.43. The molecule has 8 heteroatoms. The molecule has 0 aromatic heterocycles. The lowest BCUT2D eigenvalue weighted by molar-refractivity contribution is -0.198. The summed E-state index contributed by atoms with van der Waals surface area (Å²) in [5.74, 6) is -5.62. The van der Waals surface area contributed by atoms with E-state index in [1.54, 1.807) is 0 Å². The van der Waals surface area contributed by atoms with E-state index in [4.69, 9.17) is 16.7 Å². The van der Waals surface area contributed by atoms with Crippen LogP contribution >= 0.6 is 11.6 Å². The number of alkyl halides is 3. The summed E-state index contributed by atoms with van der Waals surface area (Å²) in [6.07, 6.45) is -4.93. The first-order chi connectivity index (χ1) is 8.21. The third-order valence-electron chi connectivity index (χ3n) is 1.99. The molecule has 100 valence electrons. The lowest BCUT2D eigenvalue weighted by Gasteiger charge is -2.17. The minimum absolute atomic E-state index is 0.214. The van der Waals surface area contributed by atoms with Crippen LogP contribution in [-0.2, 0) is 4.79 Å². The average molecular weight is 287 g/mol. The van der Waals surface area contributed by atoms with Crippen LogP contribution in [0.1, 0.15) is 0 Å². The van der Waals surface area contributed by atoms with Gasteiger partial charge >= 0.3 is 12.1 Å². The molecule has 0 heterocycles. The number of carboxylic acids is 1. The highest BCUT2D eigenvalue weighted by molar-refractivity contribution is 6.32. The van der Waals surface area contributed by atoms with Crippen molar-refractivity contribution in [3.63, 3.8) is 0 Å². The van der Waals surface area contributed by atoms with E-state index in [0.29, 0.717) is 0 Å². The minimum atomic E-state index is -4.93. The van der Waals surface area contributed by atoms with Gasteiger partial charge in [-0.1, -0.05) is 11.6 Å². The molecule has 0 radical (unpaired) electrons. The largest absolute Gasteiger partial charge is 0.491 e. The summed E-state index contributed by atoms with van der Waals surface area (Å²) >= 11 is 5.51. The van der Waals surface area contributed by atoms with Crippen molar-refractivity contribution in [1.82, 2.24) is 0 Å². The van der Waals surface area contributed by atoms with E-state index in [2.05, 4.69) is 4.74 Å². The Morgan fingerprint density at radius 3 is 2.50 bits per heavy atom. The second-order valence-corrected chi connectivity index (χ2v) is 3.73. The molecule has 1 aromatic carbocycles. The van der Waals surface area contributed by atoms with Crippen molar-refractivity contribution in [3.8, 4) is 5.75 Å². The van der Waals surface area contributed by atoms with Crippen molar-refractivity contribution in [1.29, 1.82) is 0 Å².